The van der Waals surface area contributed by atoms with Crippen molar-refractivity contribution in [2.45, 2.75) is 39.2 Å². The van der Waals surface area contributed by atoms with Crippen LogP contribution >= 0.6 is 0 Å². The molecule has 1 atom stereocenters. The average molecular weight is 429 g/mol. The van der Waals surface area contributed by atoms with Crippen LogP contribution in [0.1, 0.15) is 32.0 Å². The summed E-state index contributed by atoms with van der Waals surface area (Å²) in [5.74, 6) is 2.63. The van der Waals surface area contributed by atoms with E-state index in [-0.39, 0.29) is 0 Å². The quantitative estimate of drug-likeness (QED) is 0.574. The molecule has 0 saturated carbocycles. The van der Waals surface area contributed by atoms with Crippen molar-refractivity contribution >= 4 is 22.5 Å². The van der Waals surface area contributed by atoms with Gasteiger partial charge in [-0.05, 0) is 0 Å². The van der Waals surface area contributed by atoms with E-state index >= 15 is 0 Å². The molecule has 0 amide bonds. The molecular formula is C13H19N5W. The summed E-state index contributed by atoms with van der Waals surface area (Å²) in [6, 6.07) is 2.62. The number of nitrogens with one attached hydrogen (secondary N) is 1. The Hall–Kier alpha value is -1.09. The molecule has 1 aromatic heterocycles. The standard InChI is InChI=1S/C13H19N5.W/c1-4-11-6-5-7-18(11)13-8-12(15-9-14-3)16-10(2)17-13;/h3,8-9,11H,4-7H2,1-2H3,(H,15,16,17);. The Bertz CT molecular complexity index is 474. The molecule has 1 aliphatic heterocycles. The molecular weight excluding hydrogens is 410 g/mol. The molecule has 1 N–H and O–H groups in total. The van der Waals surface area contributed by atoms with Crippen LogP contribution in [0.2, 0.25) is 0 Å². The van der Waals surface area contributed by atoms with E-state index in [9.17, 15) is 0 Å². The first-order chi connectivity index (χ1) is 9.24. The molecule has 102 valence electrons. The summed E-state index contributed by atoms with van der Waals surface area (Å²) in [5, 5.41) is 3.10. The van der Waals surface area contributed by atoms with Crippen molar-refractivity contribution in [2.75, 3.05) is 16.8 Å². The first-order valence-corrected chi connectivity index (χ1v) is 8.28. The molecule has 1 unspecified atom stereocenters. The van der Waals surface area contributed by atoms with E-state index in [0.717, 1.165) is 24.0 Å². The van der Waals surface area contributed by atoms with Gasteiger partial charge in [-0.1, -0.05) is 0 Å². The monoisotopic (exact) mass is 429 g/mol. The zero-order chi connectivity index (χ0) is 13.7. The third-order valence-electron chi connectivity index (χ3n) is 3.31. The van der Waals surface area contributed by atoms with Crippen molar-refractivity contribution in [2.24, 2.45) is 4.99 Å². The molecule has 5 nitrogen and oxygen atoms in total. The van der Waals surface area contributed by atoms with Crippen LogP contribution in [0.5, 0.6) is 0 Å². The van der Waals surface area contributed by atoms with Crippen LogP contribution in [-0.4, -0.2) is 33.4 Å². The van der Waals surface area contributed by atoms with Crippen LogP contribution < -0.4 is 10.2 Å². The molecule has 19 heavy (non-hydrogen) atoms. The molecule has 1 aliphatic rings. The molecule has 0 aromatic carbocycles. The summed E-state index contributed by atoms with van der Waals surface area (Å²) in [4.78, 5) is 15.4. The topological polar surface area (TPSA) is 53.4 Å². The molecule has 0 bridgehead atoms. The van der Waals surface area contributed by atoms with Gasteiger partial charge >= 0.3 is 125 Å². The van der Waals surface area contributed by atoms with Crippen molar-refractivity contribution in [3.63, 3.8) is 0 Å². The van der Waals surface area contributed by atoms with E-state index in [1.165, 1.54) is 38.6 Å². The minimum atomic E-state index is 0.614. The molecule has 1 fully saturated rings. The van der Waals surface area contributed by atoms with Gasteiger partial charge < -0.3 is 0 Å². The minimum absolute atomic E-state index is 0.614. The second-order valence-electron chi connectivity index (χ2n) is 4.58. The number of rotatable bonds is 5. The zero-order valence-corrected chi connectivity index (χ0v) is 14.3. The fraction of sp³-hybridized carbons (Fsp3) is 0.538. The molecule has 1 saturated heterocycles. The van der Waals surface area contributed by atoms with Crippen molar-refractivity contribution in [3.05, 3.63) is 11.9 Å². The Balaban J connectivity index is 2.20. The normalized spacial score (nSPS) is 19.1. The van der Waals surface area contributed by atoms with Crippen LogP contribution in [-0.2, 0) is 19.4 Å². The summed E-state index contributed by atoms with van der Waals surface area (Å²) in [6.07, 6.45) is 5.34. The van der Waals surface area contributed by atoms with Crippen LogP contribution in [0, 0.1) is 6.92 Å². The molecule has 0 spiro atoms. The maximum atomic E-state index is 4.57. The third-order valence-corrected chi connectivity index (χ3v) is 3.75. The number of hydrogen-bond acceptors (Lipinski definition) is 4. The number of nitrogens with zero attached hydrogens (tertiary/aromatic N) is 4. The van der Waals surface area contributed by atoms with Gasteiger partial charge in [-0.3, -0.25) is 0 Å². The summed E-state index contributed by atoms with van der Waals surface area (Å²) < 4.78 is 1.82. The first-order valence-electron chi connectivity index (χ1n) is 6.58. The van der Waals surface area contributed by atoms with E-state index in [1.54, 1.807) is 6.34 Å². The zero-order valence-electron chi connectivity index (χ0n) is 11.3. The van der Waals surface area contributed by atoms with Gasteiger partial charge in [0.15, 0.2) is 0 Å². The Morgan fingerprint density at radius 1 is 1.58 bits per heavy atom. The molecule has 1 aromatic rings. The maximum absolute atomic E-state index is 4.57. The second-order valence-corrected chi connectivity index (χ2v) is 5.34. The van der Waals surface area contributed by atoms with Gasteiger partial charge in [-0.2, -0.15) is 0 Å². The van der Waals surface area contributed by atoms with E-state index in [0.29, 0.717) is 6.04 Å². The summed E-state index contributed by atoms with van der Waals surface area (Å²) in [7, 11) is 0. The van der Waals surface area contributed by atoms with Gasteiger partial charge in [-0.15, -0.1) is 0 Å². The van der Waals surface area contributed by atoms with E-state index in [2.05, 4.69) is 32.1 Å². The van der Waals surface area contributed by atoms with Crippen LogP contribution in [0.3, 0.4) is 0 Å². The predicted molar refractivity (Wildman–Crippen MR) is 75.6 cm³/mol. The van der Waals surface area contributed by atoms with Gasteiger partial charge in [0.05, 0.1) is 0 Å². The van der Waals surface area contributed by atoms with Crippen LogP contribution in [0.15, 0.2) is 11.1 Å². The molecule has 2 heterocycles. The number of hydrogen-bond donors (Lipinski definition) is 1. The van der Waals surface area contributed by atoms with Crippen molar-refractivity contribution < 1.29 is 19.4 Å². The molecule has 0 radical (unpaired) electrons. The Labute approximate surface area is 125 Å². The third kappa shape index (κ3) is 3.69. The fourth-order valence-electron chi connectivity index (χ4n) is 2.47. The summed E-state index contributed by atoms with van der Waals surface area (Å²) >= 11 is 1.33. The van der Waals surface area contributed by atoms with Crippen LogP contribution in [0.4, 0.5) is 11.6 Å². The van der Waals surface area contributed by atoms with Gasteiger partial charge in [0, 0.05) is 0 Å². The van der Waals surface area contributed by atoms with Crippen LogP contribution in [0.25, 0.3) is 0 Å². The van der Waals surface area contributed by atoms with Crippen molar-refractivity contribution in [3.8, 4) is 0 Å². The van der Waals surface area contributed by atoms with E-state index in [1.807, 2.05) is 17.5 Å². The Morgan fingerprint density at radius 2 is 2.42 bits per heavy atom. The predicted octanol–water partition coefficient (Wildman–Crippen LogP) is 1.91. The molecule has 2 rings (SSSR count). The van der Waals surface area contributed by atoms with E-state index < -0.39 is 0 Å². The Morgan fingerprint density at radius 3 is 3.16 bits per heavy atom. The van der Waals surface area contributed by atoms with Gasteiger partial charge in [0.1, 0.15) is 0 Å². The molecule has 6 heteroatoms. The summed E-state index contributed by atoms with van der Waals surface area (Å²) in [5.41, 5.74) is 0. The second kappa shape index (κ2) is 6.90. The number of aliphatic imine (C=N–C) groups is 1. The van der Waals surface area contributed by atoms with Gasteiger partial charge in [0.25, 0.3) is 0 Å². The van der Waals surface area contributed by atoms with E-state index in [4.69, 9.17) is 0 Å². The Kier molecular flexibility index (Phi) is 5.20. The van der Waals surface area contributed by atoms with Gasteiger partial charge in [0.2, 0.25) is 0 Å². The first kappa shape index (κ1) is 14.3. The van der Waals surface area contributed by atoms with Crippen molar-refractivity contribution in [1.29, 1.82) is 0 Å². The van der Waals surface area contributed by atoms with Gasteiger partial charge in [-0.25, -0.2) is 0 Å². The fourth-order valence-corrected chi connectivity index (χ4v) is 2.69. The SMILES string of the molecule is CCC1CCCN1c1cc(NC=N[CH]=[W])nc(C)n1. The molecule has 0 aliphatic carbocycles. The number of aromatic nitrogens is 2. The average Bonchev–Trinajstić information content (AvgIpc) is 2.86. The van der Waals surface area contributed by atoms with Crippen molar-refractivity contribution in [1.82, 2.24) is 9.97 Å². The summed E-state index contributed by atoms with van der Waals surface area (Å²) in [6.45, 7) is 5.26. The number of aryl methyl sites for hydroxylation is 1. The number of anilines is 2.